The molecule has 1 aliphatic carbocycles. The van der Waals surface area contributed by atoms with Gasteiger partial charge in [0, 0.05) is 23.2 Å². The molecule has 1 aromatic heterocycles. The van der Waals surface area contributed by atoms with Crippen molar-refractivity contribution in [1.29, 1.82) is 0 Å². The molecule has 0 atom stereocenters. The number of thiophene rings is 1. The van der Waals surface area contributed by atoms with Crippen LogP contribution in [0.3, 0.4) is 0 Å². The SMILES string of the molecule is Cc1cccc(C)c1NC(=O)N(CC(=O)N(Cc1ccc(F)cc1)Cc1cccs1)C1CC1. The summed E-state index contributed by atoms with van der Waals surface area (Å²) in [6.45, 7) is 4.73. The minimum absolute atomic E-state index is 0.00794. The summed E-state index contributed by atoms with van der Waals surface area (Å²) >= 11 is 1.58. The van der Waals surface area contributed by atoms with Crippen LogP contribution in [0.2, 0.25) is 0 Å². The van der Waals surface area contributed by atoms with Crippen molar-refractivity contribution in [2.45, 2.75) is 45.8 Å². The summed E-state index contributed by atoms with van der Waals surface area (Å²) in [4.78, 5) is 31.0. The van der Waals surface area contributed by atoms with Gasteiger partial charge in [0.05, 0.1) is 6.54 Å². The van der Waals surface area contributed by atoms with Crippen LogP contribution in [0, 0.1) is 19.7 Å². The maximum absolute atomic E-state index is 13.4. The summed E-state index contributed by atoms with van der Waals surface area (Å²) in [6.07, 6.45) is 1.80. The predicted octanol–water partition coefficient (Wildman–Crippen LogP) is 5.73. The largest absolute Gasteiger partial charge is 0.332 e. The van der Waals surface area contributed by atoms with E-state index in [4.69, 9.17) is 0 Å². The van der Waals surface area contributed by atoms with Crippen molar-refractivity contribution in [2.24, 2.45) is 0 Å². The first-order valence-electron chi connectivity index (χ1n) is 11.1. The molecular formula is C26H28FN3O2S. The lowest BCUT2D eigenvalue weighted by Crippen LogP contribution is -2.45. The summed E-state index contributed by atoms with van der Waals surface area (Å²) < 4.78 is 13.4. The van der Waals surface area contributed by atoms with Crippen LogP contribution in [0.15, 0.2) is 60.0 Å². The number of carbonyl (C=O) groups excluding carboxylic acids is 2. The first-order valence-corrected chi connectivity index (χ1v) is 12.0. The molecule has 0 radical (unpaired) electrons. The smallest absolute Gasteiger partial charge is 0.322 e. The van der Waals surface area contributed by atoms with Gasteiger partial charge in [0.2, 0.25) is 5.91 Å². The first-order chi connectivity index (χ1) is 15.9. The third kappa shape index (κ3) is 5.99. The Morgan fingerprint density at radius 3 is 2.30 bits per heavy atom. The van der Waals surface area contributed by atoms with Gasteiger partial charge in [-0.15, -0.1) is 11.3 Å². The van der Waals surface area contributed by atoms with Crippen molar-refractivity contribution in [3.8, 4) is 0 Å². The number of benzene rings is 2. The van der Waals surface area contributed by atoms with Crippen LogP contribution < -0.4 is 5.32 Å². The topological polar surface area (TPSA) is 52.7 Å². The van der Waals surface area contributed by atoms with E-state index < -0.39 is 0 Å². The van der Waals surface area contributed by atoms with Crippen LogP contribution >= 0.6 is 11.3 Å². The molecule has 2 aromatic carbocycles. The third-order valence-electron chi connectivity index (χ3n) is 5.83. The number of hydrogen-bond donors (Lipinski definition) is 1. The minimum atomic E-state index is -0.307. The van der Waals surface area contributed by atoms with E-state index in [0.717, 1.165) is 40.1 Å². The highest BCUT2D eigenvalue weighted by molar-refractivity contribution is 7.09. The molecule has 1 fully saturated rings. The number of carbonyl (C=O) groups is 2. The van der Waals surface area contributed by atoms with Crippen LogP contribution in [0.4, 0.5) is 14.9 Å². The fourth-order valence-electron chi connectivity index (χ4n) is 3.82. The van der Waals surface area contributed by atoms with E-state index in [1.165, 1.54) is 12.1 Å². The van der Waals surface area contributed by atoms with Gasteiger partial charge in [-0.1, -0.05) is 36.4 Å². The van der Waals surface area contributed by atoms with E-state index in [1.807, 2.05) is 49.6 Å². The van der Waals surface area contributed by atoms with Gasteiger partial charge in [-0.2, -0.15) is 0 Å². The van der Waals surface area contributed by atoms with E-state index in [-0.39, 0.29) is 30.3 Å². The van der Waals surface area contributed by atoms with Crippen LogP contribution in [-0.4, -0.2) is 34.3 Å². The zero-order chi connectivity index (χ0) is 23.4. The molecule has 3 aromatic rings. The Kier molecular flexibility index (Phi) is 7.08. The third-order valence-corrected chi connectivity index (χ3v) is 6.69. The fourth-order valence-corrected chi connectivity index (χ4v) is 4.54. The van der Waals surface area contributed by atoms with Crippen LogP contribution in [-0.2, 0) is 17.9 Å². The second-order valence-corrected chi connectivity index (χ2v) is 9.54. The lowest BCUT2D eigenvalue weighted by molar-refractivity contribution is -0.133. The molecule has 0 saturated heterocycles. The molecule has 4 rings (SSSR count). The summed E-state index contributed by atoms with van der Waals surface area (Å²) in [5, 5.41) is 5.00. The number of aryl methyl sites for hydroxylation is 2. The molecule has 0 aliphatic heterocycles. The Morgan fingerprint density at radius 1 is 1.00 bits per heavy atom. The molecule has 3 amide bonds. The summed E-state index contributed by atoms with van der Waals surface area (Å²) in [6, 6.07) is 15.8. The molecule has 0 bridgehead atoms. The maximum atomic E-state index is 13.4. The van der Waals surface area contributed by atoms with Crippen molar-refractivity contribution in [2.75, 3.05) is 11.9 Å². The highest BCUT2D eigenvalue weighted by Gasteiger charge is 2.35. The van der Waals surface area contributed by atoms with Gasteiger partial charge in [0.25, 0.3) is 0 Å². The number of nitrogens with zero attached hydrogens (tertiary/aromatic N) is 2. The van der Waals surface area contributed by atoms with E-state index in [0.29, 0.717) is 13.1 Å². The minimum Gasteiger partial charge on any atom is -0.332 e. The Balaban J connectivity index is 1.50. The summed E-state index contributed by atoms with van der Waals surface area (Å²) in [7, 11) is 0. The summed E-state index contributed by atoms with van der Waals surface area (Å²) in [5.41, 5.74) is 3.61. The lowest BCUT2D eigenvalue weighted by atomic mass is 10.1. The van der Waals surface area contributed by atoms with Crippen LogP contribution in [0.1, 0.15) is 34.4 Å². The van der Waals surface area contributed by atoms with Gasteiger partial charge >= 0.3 is 6.03 Å². The molecule has 1 N–H and O–H groups in total. The second kappa shape index (κ2) is 10.2. The molecule has 1 heterocycles. The number of amides is 3. The van der Waals surface area contributed by atoms with Crippen molar-refractivity contribution in [3.05, 3.63) is 87.4 Å². The van der Waals surface area contributed by atoms with Gasteiger partial charge < -0.3 is 15.1 Å². The molecule has 33 heavy (non-hydrogen) atoms. The molecule has 0 spiro atoms. The number of para-hydroxylation sites is 1. The number of urea groups is 1. The van der Waals surface area contributed by atoms with Gasteiger partial charge in [0.15, 0.2) is 0 Å². The number of halogens is 1. The van der Waals surface area contributed by atoms with Gasteiger partial charge in [-0.05, 0) is 67.0 Å². The molecule has 5 nitrogen and oxygen atoms in total. The number of rotatable bonds is 8. The van der Waals surface area contributed by atoms with Gasteiger partial charge in [0.1, 0.15) is 12.4 Å². The zero-order valence-electron chi connectivity index (χ0n) is 18.9. The van der Waals surface area contributed by atoms with Crippen molar-refractivity contribution >= 4 is 29.0 Å². The average molecular weight is 466 g/mol. The van der Waals surface area contributed by atoms with Gasteiger partial charge in [-0.25, -0.2) is 9.18 Å². The van der Waals surface area contributed by atoms with Gasteiger partial charge in [-0.3, -0.25) is 4.79 Å². The average Bonchev–Trinajstić information content (AvgIpc) is 3.50. The molecule has 7 heteroatoms. The van der Waals surface area contributed by atoms with E-state index >= 15 is 0 Å². The number of anilines is 1. The fraction of sp³-hybridized carbons (Fsp3) is 0.308. The monoisotopic (exact) mass is 465 g/mol. The Labute approximate surface area is 197 Å². The first kappa shape index (κ1) is 23.0. The van der Waals surface area contributed by atoms with Crippen molar-refractivity contribution < 1.29 is 14.0 Å². The zero-order valence-corrected chi connectivity index (χ0v) is 19.7. The number of hydrogen-bond acceptors (Lipinski definition) is 3. The summed E-state index contributed by atoms with van der Waals surface area (Å²) in [5.74, 6) is -0.436. The molecule has 1 saturated carbocycles. The van der Waals surface area contributed by atoms with Crippen molar-refractivity contribution in [3.63, 3.8) is 0 Å². The van der Waals surface area contributed by atoms with Crippen LogP contribution in [0.25, 0.3) is 0 Å². The quantitative estimate of drug-likeness (QED) is 0.462. The molecule has 0 unspecified atom stereocenters. The van der Waals surface area contributed by atoms with Crippen LogP contribution in [0.5, 0.6) is 0 Å². The highest BCUT2D eigenvalue weighted by Crippen LogP contribution is 2.29. The van der Waals surface area contributed by atoms with Crippen molar-refractivity contribution in [1.82, 2.24) is 9.80 Å². The van der Waals surface area contributed by atoms with E-state index in [9.17, 15) is 14.0 Å². The lowest BCUT2D eigenvalue weighted by Gasteiger charge is -2.28. The molecular weight excluding hydrogens is 437 g/mol. The molecule has 172 valence electrons. The normalized spacial score (nSPS) is 12.9. The standard InChI is InChI=1S/C26H28FN3O2S/c1-18-5-3-6-19(2)25(18)28-26(32)30(22-12-13-22)17-24(31)29(16-23-7-4-14-33-23)15-20-8-10-21(27)11-9-20/h3-11,14,22H,12-13,15-17H2,1-2H3,(H,28,32). The number of nitrogens with one attached hydrogen (secondary N) is 1. The molecule has 1 aliphatic rings. The highest BCUT2D eigenvalue weighted by atomic mass is 32.1. The predicted molar refractivity (Wildman–Crippen MR) is 130 cm³/mol. The van der Waals surface area contributed by atoms with E-state index in [2.05, 4.69) is 5.32 Å². The Hall–Kier alpha value is -3.19. The maximum Gasteiger partial charge on any atom is 0.322 e. The van der Waals surface area contributed by atoms with E-state index in [1.54, 1.807) is 33.3 Å². The Bertz CT molecular complexity index is 1090. The Morgan fingerprint density at radius 2 is 1.70 bits per heavy atom. The second-order valence-electron chi connectivity index (χ2n) is 8.51.